The topological polar surface area (TPSA) is 71.0 Å². The van der Waals surface area contributed by atoms with E-state index in [2.05, 4.69) is 16.3 Å². The van der Waals surface area contributed by atoms with Crippen molar-refractivity contribution >= 4 is 23.6 Å². The highest BCUT2D eigenvalue weighted by Crippen LogP contribution is 2.29. The molecule has 0 unspecified atom stereocenters. The van der Waals surface area contributed by atoms with Crippen molar-refractivity contribution in [1.82, 2.24) is 10.2 Å². The van der Waals surface area contributed by atoms with E-state index >= 15 is 0 Å². The van der Waals surface area contributed by atoms with Crippen molar-refractivity contribution in [3.63, 3.8) is 0 Å². The highest BCUT2D eigenvalue weighted by molar-refractivity contribution is 6.30. The minimum Gasteiger partial charge on any atom is -0.489 e. The normalized spacial score (nSPS) is 23.0. The molecule has 1 amide bonds. The van der Waals surface area contributed by atoms with E-state index < -0.39 is 6.10 Å². The summed E-state index contributed by atoms with van der Waals surface area (Å²) in [6.45, 7) is 3.05. The van der Waals surface area contributed by atoms with Crippen molar-refractivity contribution in [2.75, 3.05) is 40.0 Å². The summed E-state index contributed by atoms with van der Waals surface area (Å²) in [5.41, 5.74) is 2.14. The van der Waals surface area contributed by atoms with E-state index in [1.807, 2.05) is 18.2 Å². The van der Waals surface area contributed by atoms with Crippen LogP contribution < -0.4 is 10.1 Å². The third kappa shape index (κ3) is 4.98. The van der Waals surface area contributed by atoms with E-state index in [4.69, 9.17) is 21.1 Å². The lowest BCUT2D eigenvalue weighted by Crippen LogP contribution is -2.55. The van der Waals surface area contributed by atoms with Crippen LogP contribution in [0.3, 0.4) is 0 Å². The minimum absolute atomic E-state index is 0.0958. The Morgan fingerprint density at radius 2 is 2.35 bits per heavy atom. The second kappa shape index (κ2) is 8.86. The van der Waals surface area contributed by atoms with E-state index in [1.165, 1.54) is 0 Å². The van der Waals surface area contributed by atoms with Gasteiger partial charge in [0.05, 0.1) is 18.8 Å². The summed E-state index contributed by atoms with van der Waals surface area (Å²) < 4.78 is 10.7. The van der Waals surface area contributed by atoms with Crippen LogP contribution in [0.5, 0.6) is 5.75 Å². The molecule has 0 spiro atoms. The first-order valence-electron chi connectivity index (χ1n) is 8.85. The Balaban J connectivity index is 1.59. The fraction of sp³-hybridized carbons (Fsp3) is 0.526. The number of benzene rings is 1. The van der Waals surface area contributed by atoms with Crippen LogP contribution >= 0.6 is 11.6 Å². The number of aliphatic hydroxyl groups is 1. The van der Waals surface area contributed by atoms with Crippen molar-refractivity contribution in [3.05, 3.63) is 34.4 Å². The number of carbonyl (C=O) groups excluding carboxylic acids is 1. The Bertz CT molecular complexity index is 680. The molecule has 0 radical (unpaired) electrons. The van der Waals surface area contributed by atoms with E-state index in [9.17, 15) is 9.90 Å². The standard InChI is InChI=1S/C19H25ClN2O4/c1-25-7-5-19(24)21-16-11-22(6-4-17(16)23)10-13-8-14-9-15(20)2-3-18(14)26-12-13/h2-3,8-9,16-17,23H,4-7,10-12H2,1H3,(H,21,24)/t16-,17+/m1/s1. The van der Waals surface area contributed by atoms with E-state index in [0.29, 0.717) is 37.6 Å². The van der Waals surface area contributed by atoms with E-state index in [-0.39, 0.29) is 11.9 Å². The number of hydrogen-bond acceptors (Lipinski definition) is 5. The molecule has 26 heavy (non-hydrogen) atoms. The van der Waals surface area contributed by atoms with Gasteiger partial charge in [0.25, 0.3) is 0 Å². The average Bonchev–Trinajstić information content (AvgIpc) is 2.62. The molecule has 2 N–H and O–H groups in total. The Hall–Kier alpha value is -1.60. The summed E-state index contributed by atoms with van der Waals surface area (Å²) in [5.74, 6) is 0.747. The average molecular weight is 381 g/mol. The lowest BCUT2D eigenvalue weighted by molar-refractivity contribution is -0.124. The maximum atomic E-state index is 11.9. The number of likely N-dealkylation sites (tertiary alicyclic amines) is 1. The Labute approximate surface area is 158 Å². The van der Waals surface area contributed by atoms with Gasteiger partial charge in [-0.2, -0.15) is 0 Å². The Morgan fingerprint density at radius 1 is 1.50 bits per heavy atom. The summed E-state index contributed by atoms with van der Waals surface area (Å²) in [6, 6.07) is 5.34. The Kier molecular flexibility index (Phi) is 6.53. The number of fused-ring (bicyclic) bond motifs is 1. The fourth-order valence-electron chi connectivity index (χ4n) is 3.34. The molecule has 0 saturated carbocycles. The van der Waals surface area contributed by atoms with Crippen molar-refractivity contribution < 1.29 is 19.4 Å². The molecule has 3 rings (SSSR count). The van der Waals surface area contributed by atoms with Crippen LogP contribution in [0, 0.1) is 0 Å². The number of carbonyl (C=O) groups is 1. The molecule has 2 heterocycles. The molecule has 142 valence electrons. The second-order valence-corrected chi connectivity index (χ2v) is 7.22. The number of nitrogens with one attached hydrogen (secondary N) is 1. The molecule has 0 aromatic heterocycles. The van der Waals surface area contributed by atoms with Crippen molar-refractivity contribution in [2.24, 2.45) is 0 Å². The van der Waals surface area contributed by atoms with E-state index in [1.54, 1.807) is 7.11 Å². The number of halogens is 1. The highest BCUT2D eigenvalue weighted by Gasteiger charge is 2.29. The largest absolute Gasteiger partial charge is 0.489 e. The summed E-state index contributed by atoms with van der Waals surface area (Å²) in [4.78, 5) is 14.2. The van der Waals surface area contributed by atoms with Crippen molar-refractivity contribution in [2.45, 2.75) is 25.0 Å². The van der Waals surface area contributed by atoms with Crippen LogP contribution in [0.15, 0.2) is 23.8 Å². The number of aliphatic hydroxyl groups excluding tert-OH is 1. The summed E-state index contributed by atoms with van der Waals surface area (Å²) in [6.07, 6.45) is 2.53. The molecule has 1 fully saturated rings. The molecule has 1 aromatic carbocycles. The van der Waals surface area contributed by atoms with Gasteiger partial charge in [-0.05, 0) is 36.3 Å². The molecular formula is C19H25ClN2O4. The van der Waals surface area contributed by atoms with Gasteiger partial charge in [0.2, 0.25) is 5.91 Å². The zero-order valence-electron chi connectivity index (χ0n) is 14.9. The molecule has 6 nitrogen and oxygen atoms in total. The van der Waals surface area contributed by atoms with Crippen LogP contribution in [-0.2, 0) is 9.53 Å². The van der Waals surface area contributed by atoms with Gasteiger partial charge in [-0.15, -0.1) is 0 Å². The second-order valence-electron chi connectivity index (χ2n) is 6.78. The number of hydrogen-bond donors (Lipinski definition) is 2. The molecule has 0 bridgehead atoms. The molecule has 1 saturated heterocycles. The lowest BCUT2D eigenvalue weighted by atomic mass is 10.0. The van der Waals surface area contributed by atoms with Crippen LogP contribution in [-0.4, -0.2) is 68.0 Å². The fourth-order valence-corrected chi connectivity index (χ4v) is 3.52. The minimum atomic E-state index is -0.520. The number of amides is 1. The number of ether oxygens (including phenoxy) is 2. The summed E-state index contributed by atoms with van der Waals surface area (Å²) >= 11 is 6.06. The van der Waals surface area contributed by atoms with Crippen molar-refractivity contribution in [1.29, 1.82) is 0 Å². The zero-order chi connectivity index (χ0) is 18.5. The molecule has 0 aliphatic carbocycles. The van der Waals surface area contributed by atoms with Gasteiger partial charge in [0, 0.05) is 43.8 Å². The predicted molar refractivity (Wildman–Crippen MR) is 100 cm³/mol. The lowest BCUT2D eigenvalue weighted by Gasteiger charge is -2.37. The monoisotopic (exact) mass is 380 g/mol. The number of piperidine rings is 1. The smallest absolute Gasteiger partial charge is 0.222 e. The summed E-state index contributed by atoms with van der Waals surface area (Å²) in [7, 11) is 1.57. The number of rotatable bonds is 6. The van der Waals surface area contributed by atoms with Gasteiger partial charge in [0.1, 0.15) is 12.4 Å². The highest BCUT2D eigenvalue weighted by atomic mass is 35.5. The molecule has 2 aliphatic rings. The number of nitrogens with zero attached hydrogens (tertiary/aromatic N) is 1. The summed E-state index contributed by atoms with van der Waals surface area (Å²) in [5, 5.41) is 13.8. The van der Waals surface area contributed by atoms with Crippen LogP contribution in [0.1, 0.15) is 18.4 Å². The van der Waals surface area contributed by atoms with Crippen molar-refractivity contribution in [3.8, 4) is 5.75 Å². The zero-order valence-corrected chi connectivity index (χ0v) is 15.7. The molecular weight excluding hydrogens is 356 g/mol. The Morgan fingerprint density at radius 3 is 3.15 bits per heavy atom. The van der Waals surface area contributed by atoms with Crippen LogP contribution in [0.2, 0.25) is 5.02 Å². The molecule has 1 aromatic rings. The first-order chi connectivity index (χ1) is 12.5. The SMILES string of the molecule is COCCC(=O)N[C@@H]1CN(CC2=Cc3cc(Cl)ccc3OC2)CC[C@@H]1O. The van der Waals surface area contributed by atoms with Gasteiger partial charge in [0.15, 0.2) is 0 Å². The number of methoxy groups -OCH3 is 1. The molecule has 7 heteroatoms. The third-order valence-electron chi connectivity index (χ3n) is 4.71. The molecule has 2 atom stereocenters. The quantitative estimate of drug-likeness (QED) is 0.786. The van der Waals surface area contributed by atoms with Gasteiger partial charge in [-0.1, -0.05) is 11.6 Å². The van der Waals surface area contributed by atoms with Gasteiger partial charge in [-0.25, -0.2) is 0 Å². The van der Waals surface area contributed by atoms with Gasteiger partial charge >= 0.3 is 0 Å². The molecule has 2 aliphatic heterocycles. The maximum Gasteiger partial charge on any atom is 0.222 e. The van der Waals surface area contributed by atoms with E-state index in [0.717, 1.165) is 30.0 Å². The van der Waals surface area contributed by atoms with Crippen LogP contribution in [0.4, 0.5) is 0 Å². The van der Waals surface area contributed by atoms with Crippen LogP contribution in [0.25, 0.3) is 6.08 Å². The first-order valence-corrected chi connectivity index (χ1v) is 9.23. The third-order valence-corrected chi connectivity index (χ3v) is 4.95. The van der Waals surface area contributed by atoms with Gasteiger partial charge < -0.3 is 19.9 Å². The first kappa shape index (κ1) is 19.2. The predicted octanol–water partition coefficient (Wildman–Crippen LogP) is 1.70. The van der Waals surface area contributed by atoms with Gasteiger partial charge in [-0.3, -0.25) is 9.69 Å². The maximum absolute atomic E-state index is 11.9.